The van der Waals surface area contributed by atoms with Gasteiger partial charge in [-0.1, -0.05) is 315 Å². The fraction of sp³-hybridized carbons (Fsp3) is 0.716. The number of likely N-dealkylation sites (N-methyl/N-ethyl adjacent to an activating group) is 1. The Kier molecular flexibility index (Phi) is 61.0. The zero-order valence-corrected chi connectivity index (χ0v) is 55.5. The van der Waals surface area contributed by atoms with Crippen LogP contribution in [0.1, 0.15) is 290 Å². The van der Waals surface area contributed by atoms with Gasteiger partial charge in [-0.2, -0.15) is 0 Å². The summed E-state index contributed by atoms with van der Waals surface area (Å²) in [5.74, 6) is -0.180. The first kappa shape index (κ1) is 79.9. The highest BCUT2D eigenvalue weighted by molar-refractivity contribution is 7.47. The van der Waals surface area contributed by atoms with Crippen LogP contribution in [0.3, 0.4) is 0 Å². The highest BCUT2D eigenvalue weighted by Crippen LogP contribution is 2.43. The molecule has 0 saturated carbocycles. The molecule has 83 heavy (non-hydrogen) atoms. The van der Waals surface area contributed by atoms with E-state index in [1.165, 1.54) is 173 Å². The molecule has 0 fully saturated rings. The van der Waals surface area contributed by atoms with Crippen molar-refractivity contribution in [1.82, 2.24) is 5.32 Å². The predicted molar refractivity (Wildman–Crippen MR) is 364 cm³/mol. The van der Waals surface area contributed by atoms with Crippen molar-refractivity contribution in [2.45, 2.75) is 302 Å². The zero-order chi connectivity index (χ0) is 60.5. The Labute approximate surface area is 514 Å². The molecule has 0 aliphatic rings. The summed E-state index contributed by atoms with van der Waals surface area (Å²) in [5, 5.41) is 14.0. The molecule has 478 valence electrons. The average molecular weight is 1180 g/mol. The number of nitrogens with zero attached hydrogens (tertiary/aromatic N) is 1. The number of amides is 1. The number of hydrogen-bond acceptors (Lipinski definition) is 5. The Hall–Kier alpha value is -3.10. The van der Waals surface area contributed by atoms with Gasteiger partial charge in [0, 0.05) is 6.42 Å². The number of rotatable bonds is 62. The number of allylic oxidation sites excluding steroid dienone is 19. The molecule has 0 aromatic carbocycles. The van der Waals surface area contributed by atoms with Crippen LogP contribution in [0.5, 0.6) is 0 Å². The Balaban J connectivity index is 4.07. The second-order valence-electron chi connectivity index (χ2n) is 24.2. The number of quaternary nitrogens is 1. The van der Waals surface area contributed by atoms with E-state index in [0.717, 1.165) is 96.3 Å². The van der Waals surface area contributed by atoms with Crippen LogP contribution in [0.2, 0.25) is 0 Å². The van der Waals surface area contributed by atoms with Crippen molar-refractivity contribution in [2.75, 3.05) is 40.9 Å². The van der Waals surface area contributed by atoms with Gasteiger partial charge in [0.15, 0.2) is 0 Å². The smallest absolute Gasteiger partial charge is 0.387 e. The molecule has 0 heterocycles. The van der Waals surface area contributed by atoms with E-state index in [1.54, 1.807) is 6.08 Å². The number of hydrogen-bond donors (Lipinski definition) is 3. The monoisotopic (exact) mass is 1180 g/mol. The summed E-state index contributed by atoms with van der Waals surface area (Å²) >= 11 is 0. The molecule has 8 nitrogen and oxygen atoms in total. The third kappa shape index (κ3) is 66.3. The van der Waals surface area contributed by atoms with Gasteiger partial charge >= 0.3 is 7.82 Å². The quantitative estimate of drug-likeness (QED) is 0.0243. The topological polar surface area (TPSA) is 105 Å². The molecule has 0 aliphatic heterocycles. The van der Waals surface area contributed by atoms with Crippen LogP contribution in [0, 0.1) is 0 Å². The standard InChI is InChI=1S/C74H131N2O6P/c1-6-8-10-12-14-16-18-20-22-24-26-28-29-30-31-32-33-34-35-36-37-38-39-40-41-42-43-44-45-46-47-48-50-52-54-56-58-60-62-64-66-68-74(78)75-72(71-82-83(79,80)81-70-69-76(3,4)5)73(77)67-65-63-61-59-57-55-53-51-49-27-25-23-21-19-17-15-13-11-9-7-2/h8,10,14,16,20,22,26,28,30-31,33-34,36-37,39-40,42-43,65,67,72-73,77H,6-7,9,11-13,15,17-19,21,23-25,27,29,32,35,38,41,44-64,66,68-71H2,1-5H3,(H-,75,78,79,80)/p+1/b10-8-,16-14-,22-20-,28-26-,31-30-,34-33-,37-36-,40-39-,43-42-,67-65+. The summed E-state index contributed by atoms with van der Waals surface area (Å²) in [4.78, 5) is 23.4. The Bertz CT molecular complexity index is 1770. The maximum atomic E-state index is 13.0. The first-order valence-electron chi connectivity index (χ1n) is 34.4. The number of carbonyl (C=O) groups is 1. The second-order valence-corrected chi connectivity index (χ2v) is 25.6. The first-order valence-corrected chi connectivity index (χ1v) is 35.9. The van der Waals surface area contributed by atoms with Gasteiger partial charge in [0.2, 0.25) is 5.91 Å². The number of phosphoric ester groups is 1. The molecular formula is C74H132N2O6P+. The van der Waals surface area contributed by atoms with Gasteiger partial charge < -0.3 is 19.8 Å². The van der Waals surface area contributed by atoms with Crippen LogP contribution in [-0.4, -0.2) is 73.4 Å². The third-order valence-electron chi connectivity index (χ3n) is 14.9. The predicted octanol–water partition coefficient (Wildman–Crippen LogP) is 22.0. The van der Waals surface area contributed by atoms with Crippen LogP contribution in [0.25, 0.3) is 0 Å². The van der Waals surface area contributed by atoms with Crippen molar-refractivity contribution >= 4 is 13.7 Å². The van der Waals surface area contributed by atoms with Gasteiger partial charge in [-0.3, -0.25) is 13.8 Å². The van der Waals surface area contributed by atoms with Crippen molar-refractivity contribution < 1.29 is 32.9 Å². The number of nitrogens with one attached hydrogen (secondary N) is 1. The number of phosphoric acid groups is 1. The van der Waals surface area contributed by atoms with E-state index in [9.17, 15) is 19.4 Å². The van der Waals surface area contributed by atoms with Crippen LogP contribution in [0.15, 0.2) is 122 Å². The molecule has 0 rings (SSSR count). The van der Waals surface area contributed by atoms with Crippen molar-refractivity contribution in [1.29, 1.82) is 0 Å². The molecule has 1 amide bonds. The van der Waals surface area contributed by atoms with E-state index in [2.05, 4.69) is 129 Å². The van der Waals surface area contributed by atoms with Gasteiger partial charge in [0.1, 0.15) is 13.2 Å². The van der Waals surface area contributed by atoms with Crippen LogP contribution in [0.4, 0.5) is 0 Å². The molecule has 0 aromatic rings. The van der Waals surface area contributed by atoms with E-state index in [1.807, 2.05) is 27.2 Å². The van der Waals surface area contributed by atoms with Gasteiger partial charge in [-0.25, -0.2) is 4.57 Å². The van der Waals surface area contributed by atoms with E-state index in [-0.39, 0.29) is 19.1 Å². The molecule has 0 saturated heterocycles. The summed E-state index contributed by atoms with van der Waals surface area (Å²) in [6.45, 7) is 4.72. The Morgan fingerprint density at radius 2 is 0.723 bits per heavy atom. The van der Waals surface area contributed by atoms with Crippen molar-refractivity contribution in [3.63, 3.8) is 0 Å². The number of aliphatic hydroxyl groups is 1. The Morgan fingerprint density at radius 3 is 1.06 bits per heavy atom. The van der Waals surface area contributed by atoms with Crippen molar-refractivity contribution in [3.8, 4) is 0 Å². The summed E-state index contributed by atoms with van der Waals surface area (Å²) in [6, 6.07) is -0.855. The number of unbranched alkanes of at least 4 members (excludes halogenated alkanes) is 31. The zero-order valence-electron chi connectivity index (χ0n) is 54.7. The van der Waals surface area contributed by atoms with E-state index in [0.29, 0.717) is 17.4 Å². The van der Waals surface area contributed by atoms with Crippen LogP contribution < -0.4 is 5.32 Å². The lowest BCUT2D eigenvalue weighted by molar-refractivity contribution is -0.870. The summed E-state index contributed by atoms with van der Waals surface area (Å²) in [6.07, 6.45) is 94.7. The summed E-state index contributed by atoms with van der Waals surface area (Å²) in [5.41, 5.74) is 0. The maximum absolute atomic E-state index is 13.0. The molecule has 3 unspecified atom stereocenters. The lowest BCUT2D eigenvalue weighted by Crippen LogP contribution is -2.45. The number of carbonyl (C=O) groups excluding carboxylic acids is 1. The molecule has 3 atom stereocenters. The molecule has 0 aromatic heterocycles. The lowest BCUT2D eigenvalue weighted by atomic mass is 10.0. The average Bonchev–Trinajstić information content (AvgIpc) is 3.49. The summed E-state index contributed by atoms with van der Waals surface area (Å²) in [7, 11) is 1.57. The Morgan fingerprint density at radius 1 is 0.422 bits per heavy atom. The third-order valence-corrected chi connectivity index (χ3v) is 15.9. The normalized spacial score (nSPS) is 14.4. The molecule has 3 N–H and O–H groups in total. The van der Waals surface area contributed by atoms with Crippen LogP contribution in [-0.2, 0) is 18.4 Å². The first-order chi connectivity index (χ1) is 40.5. The minimum atomic E-state index is -4.36. The summed E-state index contributed by atoms with van der Waals surface area (Å²) < 4.78 is 23.8. The molecular weight excluding hydrogens is 1040 g/mol. The maximum Gasteiger partial charge on any atom is 0.472 e. The van der Waals surface area contributed by atoms with Crippen LogP contribution >= 0.6 is 7.82 Å². The van der Waals surface area contributed by atoms with Crippen molar-refractivity contribution in [3.05, 3.63) is 122 Å². The van der Waals surface area contributed by atoms with Gasteiger partial charge in [-0.15, -0.1) is 0 Å². The van der Waals surface area contributed by atoms with E-state index < -0.39 is 20.0 Å². The minimum absolute atomic E-state index is 0.0576. The largest absolute Gasteiger partial charge is 0.472 e. The molecule has 0 bridgehead atoms. The molecule has 0 aliphatic carbocycles. The minimum Gasteiger partial charge on any atom is -0.387 e. The van der Waals surface area contributed by atoms with E-state index >= 15 is 0 Å². The molecule has 0 radical (unpaired) electrons. The molecule has 0 spiro atoms. The van der Waals surface area contributed by atoms with Gasteiger partial charge in [-0.05, 0) is 89.9 Å². The molecule has 9 heteroatoms. The second kappa shape index (κ2) is 63.4. The fourth-order valence-electron chi connectivity index (χ4n) is 9.62. The fourth-order valence-corrected chi connectivity index (χ4v) is 10.4. The number of aliphatic hydroxyl groups excluding tert-OH is 1. The lowest BCUT2D eigenvalue weighted by Gasteiger charge is -2.25. The highest BCUT2D eigenvalue weighted by atomic mass is 31.2. The van der Waals surface area contributed by atoms with Crippen molar-refractivity contribution in [2.24, 2.45) is 0 Å². The SMILES string of the molecule is CC/C=C\C/C=C\C/C=C\C/C=C\C/C=C\C/C=C\C/C=C\C/C=C\C/C=C\CCCCCCCCCCCCCCCC(=O)NC(COP(=O)(O)OCC[N+](C)(C)C)C(O)/C=C/CCCCCCCCCCCCCCCCCCCC. The van der Waals surface area contributed by atoms with E-state index in [4.69, 9.17) is 9.05 Å². The highest BCUT2D eigenvalue weighted by Gasteiger charge is 2.28. The van der Waals surface area contributed by atoms with Gasteiger partial charge in [0.05, 0.1) is 39.9 Å². The van der Waals surface area contributed by atoms with Gasteiger partial charge in [0.25, 0.3) is 0 Å².